The summed E-state index contributed by atoms with van der Waals surface area (Å²) in [6.45, 7) is 1.78. The van der Waals surface area contributed by atoms with Crippen LogP contribution < -0.4 is 11.3 Å². The van der Waals surface area contributed by atoms with E-state index in [1.807, 2.05) is 0 Å². The van der Waals surface area contributed by atoms with Gasteiger partial charge in [0.1, 0.15) is 5.82 Å². The van der Waals surface area contributed by atoms with E-state index in [0.29, 0.717) is 4.47 Å². The molecule has 2 nitrogen and oxygen atoms in total. The first-order valence-electron chi connectivity index (χ1n) is 3.07. The van der Waals surface area contributed by atoms with Crippen molar-refractivity contribution in [1.29, 1.82) is 0 Å². The summed E-state index contributed by atoms with van der Waals surface area (Å²) in [5.74, 6) is 4.90. The molecule has 0 radical (unpaired) electrons. The van der Waals surface area contributed by atoms with E-state index in [4.69, 9.17) is 5.84 Å². The largest absolute Gasteiger partial charge is 0.324 e. The molecule has 0 bridgehead atoms. The monoisotopic (exact) mass is 254 g/mol. The van der Waals surface area contributed by atoms with Crippen molar-refractivity contribution in [2.75, 3.05) is 5.43 Å². The summed E-state index contributed by atoms with van der Waals surface area (Å²) in [5, 5.41) is 0. The third-order valence-electron chi connectivity index (χ3n) is 1.42. The lowest BCUT2D eigenvalue weighted by Gasteiger charge is -2.05. The Morgan fingerprint density at radius 2 is 2.08 bits per heavy atom. The molecule has 0 fully saturated rings. The molecule has 0 unspecified atom stereocenters. The summed E-state index contributed by atoms with van der Waals surface area (Å²) in [5.41, 5.74) is 3.97. The molecule has 0 saturated carbocycles. The molecule has 1 aromatic carbocycles. The van der Waals surface area contributed by atoms with Gasteiger partial charge in [-0.15, -0.1) is 12.4 Å². The van der Waals surface area contributed by atoms with Crippen molar-refractivity contribution in [3.05, 3.63) is 28.0 Å². The van der Waals surface area contributed by atoms with Gasteiger partial charge in [-0.3, -0.25) is 5.84 Å². The minimum Gasteiger partial charge on any atom is -0.324 e. The van der Waals surface area contributed by atoms with Gasteiger partial charge in [0.25, 0.3) is 0 Å². The Balaban J connectivity index is 0.00000121. The number of aryl methyl sites for hydroxylation is 1. The van der Waals surface area contributed by atoms with Crippen LogP contribution in [0.2, 0.25) is 0 Å². The van der Waals surface area contributed by atoms with Gasteiger partial charge >= 0.3 is 0 Å². The highest BCUT2D eigenvalue weighted by atomic mass is 79.9. The maximum absolute atomic E-state index is 12.8. The number of hydrogen-bond acceptors (Lipinski definition) is 2. The molecule has 1 aromatic rings. The fourth-order valence-electron chi connectivity index (χ4n) is 0.802. The van der Waals surface area contributed by atoms with Crippen molar-refractivity contribution in [2.24, 2.45) is 5.84 Å². The van der Waals surface area contributed by atoms with Gasteiger partial charge in [-0.2, -0.15) is 0 Å². The number of nitrogens with two attached hydrogens (primary N) is 1. The Bertz CT molecular complexity index is 280. The van der Waals surface area contributed by atoms with Crippen LogP contribution >= 0.6 is 28.3 Å². The summed E-state index contributed by atoms with van der Waals surface area (Å²) < 4.78 is 13.2. The van der Waals surface area contributed by atoms with E-state index in [0.717, 1.165) is 11.3 Å². The lowest BCUT2D eigenvalue weighted by molar-refractivity contribution is 0.620. The van der Waals surface area contributed by atoms with E-state index >= 15 is 0 Å². The molecular formula is C7H9BrClFN2. The second kappa shape index (κ2) is 4.64. The lowest BCUT2D eigenvalue weighted by Crippen LogP contribution is -2.08. The minimum absolute atomic E-state index is 0. The van der Waals surface area contributed by atoms with E-state index in [1.54, 1.807) is 13.0 Å². The van der Waals surface area contributed by atoms with Gasteiger partial charge < -0.3 is 5.43 Å². The molecule has 1 rings (SSSR count). The van der Waals surface area contributed by atoms with Crippen molar-refractivity contribution in [1.82, 2.24) is 0 Å². The molecule has 0 heterocycles. The zero-order valence-corrected chi connectivity index (χ0v) is 8.80. The fourth-order valence-corrected chi connectivity index (χ4v) is 1.15. The van der Waals surface area contributed by atoms with Crippen LogP contribution in [0.3, 0.4) is 0 Å². The van der Waals surface area contributed by atoms with Crippen LogP contribution in [-0.4, -0.2) is 0 Å². The smallest absolute Gasteiger partial charge is 0.137 e. The van der Waals surface area contributed by atoms with Crippen molar-refractivity contribution >= 4 is 34.0 Å². The Morgan fingerprint density at radius 3 is 2.58 bits per heavy atom. The standard InChI is InChI=1S/C7H8BrFN2.ClH/c1-4-2-6(9)5(8)3-7(4)11-10;/h2-3,11H,10H2,1H3;1H. The highest BCUT2D eigenvalue weighted by Crippen LogP contribution is 2.23. The molecule has 0 aliphatic heterocycles. The molecule has 0 aliphatic rings. The minimum atomic E-state index is -0.276. The number of nitrogens with one attached hydrogen (secondary N) is 1. The summed E-state index contributed by atoms with van der Waals surface area (Å²) in [7, 11) is 0. The Labute approximate surface area is 84.8 Å². The van der Waals surface area contributed by atoms with Gasteiger partial charge in [-0.25, -0.2) is 4.39 Å². The van der Waals surface area contributed by atoms with Crippen molar-refractivity contribution in [3.63, 3.8) is 0 Å². The first-order chi connectivity index (χ1) is 5.15. The van der Waals surface area contributed by atoms with Gasteiger partial charge in [0.2, 0.25) is 0 Å². The van der Waals surface area contributed by atoms with Crippen LogP contribution in [0.15, 0.2) is 16.6 Å². The normalized spacial score (nSPS) is 9.00. The summed E-state index contributed by atoms with van der Waals surface area (Å²) >= 11 is 3.05. The predicted octanol–water partition coefficient (Wildman–Crippen LogP) is 2.60. The number of nitrogen functional groups attached to an aromatic ring is 1. The van der Waals surface area contributed by atoms with Gasteiger partial charge in [0.15, 0.2) is 0 Å². The first kappa shape index (κ1) is 11.7. The lowest BCUT2D eigenvalue weighted by atomic mass is 10.2. The molecule has 0 aliphatic carbocycles. The number of rotatable bonds is 1. The van der Waals surface area contributed by atoms with Gasteiger partial charge in [0, 0.05) is 0 Å². The molecule has 0 aromatic heterocycles. The molecule has 0 saturated heterocycles. The van der Waals surface area contributed by atoms with E-state index < -0.39 is 0 Å². The van der Waals surface area contributed by atoms with E-state index in [9.17, 15) is 4.39 Å². The number of hydrogen-bond donors (Lipinski definition) is 2. The van der Waals surface area contributed by atoms with Crippen molar-refractivity contribution in [2.45, 2.75) is 6.92 Å². The first-order valence-corrected chi connectivity index (χ1v) is 3.86. The van der Waals surface area contributed by atoms with Crippen LogP contribution in [-0.2, 0) is 0 Å². The number of benzene rings is 1. The van der Waals surface area contributed by atoms with Crippen molar-refractivity contribution < 1.29 is 4.39 Å². The molecule has 12 heavy (non-hydrogen) atoms. The van der Waals surface area contributed by atoms with Gasteiger partial charge in [0.05, 0.1) is 10.2 Å². The molecule has 5 heteroatoms. The van der Waals surface area contributed by atoms with Gasteiger partial charge in [-0.05, 0) is 40.5 Å². The van der Waals surface area contributed by atoms with E-state index in [1.165, 1.54) is 6.07 Å². The quantitative estimate of drug-likeness (QED) is 0.598. The maximum Gasteiger partial charge on any atom is 0.137 e. The molecule has 68 valence electrons. The Morgan fingerprint density at radius 1 is 1.50 bits per heavy atom. The third kappa shape index (κ3) is 2.33. The van der Waals surface area contributed by atoms with Crippen LogP contribution in [0.5, 0.6) is 0 Å². The highest BCUT2D eigenvalue weighted by molar-refractivity contribution is 9.10. The topological polar surface area (TPSA) is 38.0 Å². The maximum atomic E-state index is 12.8. The molecule has 0 spiro atoms. The third-order valence-corrected chi connectivity index (χ3v) is 2.03. The summed E-state index contributed by atoms with van der Waals surface area (Å²) in [6.07, 6.45) is 0. The van der Waals surface area contributed by atoms with Gasteiger partial charge in [-0.1, -0.05) is 0 Å². The fraction of sp³-hybridized carbons (Fsp3) is 0.143. The van der Waals surface area contributed by atoms with Crippen LogP contribution in [0, 0.1) is 12.7 Å². The van der Waals surface area contributed by atoms with Crippen LogP contribution in [0.1, 0.15) is 5.56 Å². The SMILES string of the molecule is Cc1cc(F)c(Br)cc1NN.Cl. The number of hydrazine groups is 1. The highest BCUT2D eigenvalue weighted by Gasteiger charge is 2.02. The number of anilines is 1. The van der Waals surface area contributed by atoms with Crippen LogP contribution in [0.4, 0.5) is 10.1 Å². The Hall–Kier alpha value is -0.320. The van der Waals surface area contributed by atoms with Crippen LogP contribution in [0.25, 0.3) is 0 Å². The van der Waals surface area contributed by atoms with E-state index in [2.05, 4.69) is 21.4 Å². The summed E-state index contributed by atoms with van der Waals surface area (Å²) in [6, 6.07) is 3.02. The molecule has 0 amide bonds. The van der Waals surface area contributed by atoms with Crippen molar-refractivity contribution in [3.8, 4) is 0 Å². The second-order valence-corrected chi connectivity index (χ2v) is 3.08. The summed E-state index contributed by atoms with van der Waals surface area (Å²) in [4.78, 5) is 0. The average molecular weight is 256 g/mol. The van der Waals surface area contributed by atoms with E-state index in [-0.39, 0.29) is 18.2 Å². The zero-order valence-electron chi connectivity index (χ0n) is 6.40. The molecule has 0 atom stereocenters. The number of halogens is 3. The second-order valence-electron chi connectivity index (χ2n) is 2.23. The molecule has 3 N–H and O–H groups in total. The molecular weight excluding hydrogens is 246 g/mol. The predicted molar refractivity (Wildman–Crippen MR) is 53.9 cm³/mol. The average Bonchev–Trinajstić information content (AvgIpc) is 1.97. The zero-order chi connectivity index (χ0) is 8.43. The Kier molecular flexibility index (Phi) is 4.52.